The molecule has 6 rings (SSSR count). The van der Waals surface area contributed by atoms with Crippen LogP contribution in [0, 0.1) is 12.1 Å². The molecule has 0 spiro atoms. The molecule has 3 heteroatoms. The van der Waals surface area contributed by atoms with Gasteiger partial charge in [-0.2, -0.15) is 35.9 Å². The van der Waals surface area contributed by atoms with Crippen molar-refractivity contribution in [3.8, 4) is 11.1 Å². The molecule has 0 unspecified atom stereocenters. The van der Waals surface area contributed by atoms with Crippen LogP contribution in [0.1, 0.15) is 28.7 Å². The van der Waals surface area contributed by atoms with E-state index in [9.17, 15) is 0 Å². The van der Waals surface area contributed by atoms with Crippen LogP contribution in [-0.4, -0.2) is 3.81 Å². The van der Waals surface area contributed by atoms with Crippen LogP contribution in [0.5, 0.6) is 0 Å². The second kappa shape index (κ2) is 16.3. The van der Waals surface area contributed by atoms with Crippen LogP contribution in [-0.2, 0) is 39.2 Å². The normalized spacial score (nSPS) is 11.4. The van der Waals surface area contributed by atoms with Crippen LogP contribution in [0.2, 0.25) is 0 Å². The first-order valence-electron chi connectivity index (χ1n) is 11.7. The van der Waals surface area contributed by atoms with Gasteiger partial charge in [0.2, 0.25) is 0 Å². The van der Waals surface area contributed by atoms with Crippen molar-refractivity contribution in [1.82, 2.24) is 0 Å². The summed E-state index contributed by atoms with van der Waals surface area (Å²) in [5.41, 5.74) is 8.31. The van der Waals surface area contributed by atoms with Crippen LogP contribution in [0.25, 0.3) is 11.1 Å². The Kier molecular flexibility index (Phi) is 13.5. The van der Waals surface area contributed by atoms with E-state index in [1.54, 1.807) is 0 Å². The fourth-order valence-electron chi connectivity index (χ4n) is 4.08. The van der Waals surface area contributed by atoms with E-state index in [0.29, 0.717) is 0 Å². The van der Waals surface area contributed by atoms with Crippen molar-refractivity contribution >= 4 is 3.81 Å². The van der Waals surface area contributed by atoms with Gasteiger partial charge >= 0.3 is 108 Å². The molecule has 0 aliphatic heterocycles. The number of fused-ring (bicyclic) bond motifs is 3. The molecule has 0 aromatic heterocycles. The van der Waals surface area contributed by atoms with Gasteiger partial charge in [-0.1, -0.05) is 35.4 Å². The maximum atomic E-state index is 3.30. The van der Waals surface area contributed by atoms with Crippen LogP contribution in [0.3, 0.4) is 0 Å². The Hall–Kier alpha value is -2.48. The summed E-state index contributed by atoms with van der Waals surface area (Å²) < 4.78 is 1.51. The Bertz CT molecular complexity index is 1160. The van der Waals surface area contributed by atoms with Gasteiger partial charge in [0.15, 0.2) is 0 Å². The van der Waals surface area contributed by atoms with Gasteiger partial charge in [-0.05, 0) is 6.42 Å². The fraction of sp³-hybridized carbons (Fsp3) is 0.121. The van der Waals surface area contributed by atoms with Gasteiger partial charge in [-0.3, -0.25) is 6.08 Å². The van der Waals surface area contributed by atoms with Gasteiger partial charge in [0, 0.05) is 0 Å². The largest absolute Gasteiger partial charge is 0.179 e. The Morgan fingerprint density at radius 1 is 0.694 bits per heavy atom. The average molecular weight is 543 g/mol. The van der Waals surface area contributed by atoms with Gasteiger partial charge in [-0.25, -0.2) is 12.2 Å². The molecule has 4 aromatic rings. The van der Waals surface area contributed by atoms with Gasteiger partial charge in [0.25, 0.3) is 0 Å². The quantitative estimate of drug-likeness (QED) is 0.239. The second-order valence-electron chi connectivity index (χ2n) is 8.33. The number of halogens is 2. The summed E-state index contributed by atoms with van der Waals surface area (Å²) in [6, 6.07) is 39.4. The molecule has 0 saturated heterocycles. The molecule has 0 saturated carbocycles. The zero-order valence-electron chi connectivity index (χ0n) is 20.1. The van der Waals surface area contributed by atoms with E-state index in [2.05, 4.69) is 135 Å². The maximum absolute atomic E-state index is 3.30. The summed E-state index contributed by atoms with van der Waals surface area (Å²) in [5, 5.41) is 0. The molecule has 0 amide bonds. The molecule has 2 aliphatic rings. The minimum atomic E-state index is 0. The van der Waals surface area contributed by atoms with Crippen LogP contribution < -0.4 is 24.8 Å². The third-order valence-corrected chi connectivity index (χ3v) is 6.28. The van der Waals surface area contributed by atoms with Crippen LogP contribution in [0.15, 0.2) is 121 Å². The van der Waals surface area contributed by atoms with Gasteiger partial charge in [0.05, 0.1) is 0 Å². The minimum Gasteiger partial charge on any atom is -0.179 e. The van der Waals surface area contributed by atoms with E-state index in [1.165, 1.54) is 37.2 Å². The summed E-state index contributed by atoms with van der Waals surface area (Å²) in [4.78, 5) is 0. The van der Waals surface area contributed by atoms with E-state index < -0.39 is 0 Å². The molecule has 0 nitrogen and oxygen atoms in total. The predicted molar refractivity (Wildman–Crippen MR) is 140 cm³/mol. The van der Waals surface area contributed by atoms with E-state index in [1.807, 2.05) is 18.2 Å². The summed E-state index contributed by atoms with van der Waals surface area (Å²) in [6.07, 6.45) is 13.2. The van der Waals surface area contributed by atoms with Crippen molar-refractivity contribution in [2.45, 2.75) is 25.7 Å². The first kappa shape index (κ1) is 29.8. The molecule has 0 fully saturated rings. The molecule has 180 valence electrons. The standard InChI is InChI=1S/C15H14.C13H9.C5H5.2ClH.Ti/c1-3-8-14(9-4-1)12-7-13-15-10-5-2-6-11-15;1-3-7-12-10(5-1)9-11-6-2-4-8-13(11)12;1-2-4-5-3-1;;;/h1-6,8-11H,12-13H2;1-5,7-8H,9H2;1-3H,4H2;2*1H;/q;2*-1;;;+2/p-2. The summed E-state index contributed by atoms with van der Waals surface area (Å²) in [7, 11) is 0. The van der Waals surface area contributed by atoms with Crippen molar-refractivity contribution < 1.29 is 44.8 Å². The molecule has 2 aliphatic carbocycles. The fourth-order valence-corrected chi connectivity index (χ4v) is 4.72. The first-order valence-corrected chi connectivity index (χ1v) is 12.5. The molecule has 0 atom stereocenters. The molecule has 0 N–H and O–H groups in total. The SMILES string of the molecule is [C-]1=CC=CC1.[Cl-].[Cl-].[Ti+2]=[C](Cc1ccccc1)Cc1ccccc1.[c-]1cccc2c1Cc1ccccc1-2. The molecule has 0 heterocycles. The predicted octanol–water partition coefficient (Wildman–Crippen LogP) is 1.56. The number of hydrogen-bond acceptors (Lipinski definition) is 0. The topological polar surface area (TPSA) is 0 Å². The maximum Gasteiger partial charge on any atom is -0.0253 e. The Morgan fingerprint density at radius 3 is 1.83 bits per heavy atom. The van der Waals surface area contributed by atoms with E-state index in [0.717, 1.165) is 25.7 Å². The van der Waals surface area contributed by atoms with E-state index in [-0.39, 0.29) is 24.8 Å². The van der Waals surface area contributed by atoms with E-state index >= 15 is 0 Å². The summed E-state index contributed by atoms with van der Waals surface area (Å²) in [6.45, 7) is 0. The molecule has 4 aromatic carbocycles. The zero-order valence-corrected chi connectivity index (χ0v) is 23.2. The Labute approximate surface area is 239 Å². The number of hydrogen-bond donors (Lipinski definition) is 0. The van der Waals surface area contributed by atoms with Crippen molar-refractivity contribution in [2.24, 2.45) is 0 Å². The Morgan fingerprint density at radius 2 is 1.28 bits per heavy atom. The van der Waals surface area contributed by atoms with Crippen LogP contribution in [0.4, 0.5) is 0 Å². The summed E-state index contributed by atoms with van der Waals surface area (Å²) >= 11 is 2.24. The van der Waals surface area contributed by atoms with Crippen LogP contribution >= 0.6 is 0 Å². The van der Waals surface area contributed by atoms with Gasteiger partial charge in [-0.15, -0.1) is 12.0 Å². The molecule has 0 radical (unpaired) electrons. The van der Waals surface area contributed by atoms with Crippen molar-refractivity contribution in [3.63, 3.8) is 0 Å². The minimum absolute atomic E-state index is 0. The molecule has 0 bridgehead atoms. The molecular formula is C33H28Cl2Ti-2. The van der Waals surface area contributed by atoms with Crippen molar-refractivity contribution in [1.29, 1.82) is 0 Å². The summed E-state index contributed by atoms with van der Waals surface area (Å²) in [5.74, 6) is 0. The van der Waals surface area contributed by atoms with Gasteiger partial charge < -0.3 is 24.8 Å². The third kappa shape index (κ3) is 9.19. The molecule has 36 heavy (non-hydrogen) atoms. The average Bonchev–Trinajstić information content (AvgIpc) is 3.58. The third-order valence-electron chi connectivity index (χ3n) is 5.72. The monoisotopic (exact) mass is 542 g/mol. The zero-order chi connectivity index (χ0) is 23.4. The number of rotatable bonds is 4. The number of benzene rings is 4. The molecular weight excluding hydrogens is 515 g/mol. The van der Waals surface area contributed by atoms with Crippen molar-refractivity contribution in [3.05, 3.63) is 156 Å². The van der Waals surface area contributed by atoms with Crippen molar-refractivity contribution in [2.75, 3.05) is 0 Å². The number of allylic oxidation sites excluding steroid dienone is 4. The van der Waals surface area contributed by atoms with E-state index in [4.69, 9.17) is 0 Å². The Balaban J connectivity index is 0.000000205. The first-order chi connectivity index (χ1) is 16.8. The van der Waals surface area contributed by atoms with Gasteiger partial charge in [0.1, 0.15) is 0 Å². The smallest absolute Gasteiger partial charge is 0.0253 e. The second-order valence-corrected chi connectivity index (χ2v) is 9.43.